The molecule has 0 saturated carbocycles. The Morgan fingerprint density at radius 1 is 0.842 bits per heavy atom. The van der Waals surface area contributed by atoms with Crippen molar-refractivity contribution in [2.45, 2.75) is 19.3 Å². The topological polar surface area (TPSA) is 70.0 Å². The molecule has 38 heavy (non-hydrogen) atoms. The minimum atomic E-state index is -0.0889. The van der Waals surface area contributed by atoms with E-state index in [0.717, 1.165) is 56.7 Å². The first-order chi connectivity index (χ1) is 18.6. The monoisotopic (exact) mass is 523 g/mol. The van der Waals surface area contributed by atoms with Crippen LogP contribution in [0.3, 0.4) is 0 Å². The highest BCUT2D eigenvalue weighted by molar-refractivity contribution is 7.23. The Balaban J connectivity index is 1.33. The number of carbonyl (C=O) groups is 1. The quantitative estimate of drug-likeness (QED) is 0.220. The van der Waals surface area contributed by atoms with Gasteiger partial charge >= 0.3 is 0 Å². The fourth-order valence-corrected chi connectivity index (χ4v) is 6.58. The maximum Gasteiger partial charge on any atom is 0.195 e. The van der Waals surface area contributed by atoms with Gasteiger partial charge in [-0.1, -0.05) is 30.7 Å². The number of phenolic OH excluding ortho intramolecular Hbond substituents is 2. The summed E-state index contributed by atoms with van der Waals surface area (Å²) < 4.78 is 6.80. The van der Waals surface area contributed by atoms with Gasteiger partial charge in [-0.15, -0.1) is 11.3 Å². The van der Waals surface area contributed by atoms with Crippen LogP contribution in [0.4, 0.5) is 0 Å². The van der Waals surface area contributed by atoms with Gasteiger partial charge in [-0.25, -0.2) is 0 Å². The highest BCUT2D eigenvalue weighted by Crippen LogP contribution is 2.44. The summed E-state index contributed by atoms with van der Waals surface area (Å²) in [5, 5.41) is 22.9. The molecule has 0 radical (unpaired) electrons. The Morgan fingerprint density at radius 2 is 1.61 bits per heavy atom. The molecule has 1 aliphatic heterocycles. The number of benzene rings is 4. The Morgan fingerprint density at radius 3 is 2.39 bits per heavy atom. The second-order valence-corrected chi connectivity index (χ2v) is 10.8. The summed E-state index contributed by atoms with van der Waals surface area (Å²) >= 11 is 1.47. The Hall–Kier alpha value is -3.87. The predicted octanol–water partition coefficient (Wildman–Crippen LogP) is 7.23. The van der Waals surface area contributed by atoms with Gasteiger partial charge in [-0.3, -0.25) is 9.69 Å². The van der Waals surface area contributed by atoms with E-state index >= 15 is 0 Å². The van der Waals surface area contributed by atoms with Crippen LogP contribution in [0.5, 0.6) is 17.2 Å². The normalized spacial score (nSPS) is 14.2. The molecule has 1 fully saturated rings. The van der Waals surface area contributed by atoms with Crippen molar-refractivity contribution in [2.75, 3.05) is 26.2 Å². The van der Waals surface area contributed by atoms with E-state index in [1.54, 1.807) is 24.3 Å². The summed E-state index contributed by atoms with van der Waals surface area (Å²) in [6, 6.07) is 23.6. The third kappa shape index (κ3) is 4.73. The number of thiophene rings is 1. The van der Waals surface area contributed by atoms with Gasteiger partial charge in [0.25, 0.3) is 0 Å². The van der Waals surface area contributed by atoms with Gasteiger partial charge in [0.15, 0.2) is 5.78 Å². The van der Waals surface area contributed by atoms with E-state index in [1.165, 1.54) is 30.6 Å². The van der Waals surface area contributed by atoms with Crippen molar-refractivity contribution < 1.29 is 19.7 Å². The summed E-state index contributed by atoms with van der Waals surface area (Å²) in [4.78, 5) is 17.2. The number of piperidine rings is 1. The van der Waals surface area contributed by atoms with E-state index in [-0.39, 0.29) is 17.3 Å². The molecule has 5 aromatic rings. The zero-order valence-corrected chi connectivity index (χ0v) is 21.8. The third-order valence-corrected chi connectivity index (χ3v) is 8.47. The second-order valence-electron chi connectivity index (χ2n) is 9.77. The molecule has 5 nitrogen and oxygen atoms in total. The highest BCUT2D eigenvalue weighted by atomic mass is 32.1. The number of likely N-dealkylation sites (tertiary alicyclic amines) is 1. The van der Waals surface area contributed by atoms with Crippen molar-refractivity contribution in [3.63, 3.8) is 0 Å². The predicted molar refractivity (Wildman–Crippen MR) is 154 cm³/mol. The molecule has 1 aliphatic rings. The molecule has 0 atom stereocenters. The van der Waals surface area contributed by atoms with Crippen molar-refractivity contribution in [3.8, 4) is 27.7 Å². The van der Waals surface area contributed by atoms with E-state index < -0.39 is 0 Å². The minimum absolute atomic E-state index is 0.0889. The Kier molecular flexibility index (Phi) is 6.75. The molecule has 2 heterocycles. The van der Waals surface area contributed by atoms with Crippen LogP contribution in [0.25, 0.3) is 31.3 Å². The van der Waals surface area contributed by atoms with Crippen LogP contribution in [0.1, 0.15) is 35.2 Å². The van der Waals surface area contributed by atoms with Gasteiger partial charge in [-0.2, -0.15) is 0 Å². The first-order valence-electron chi connectivity index (χ1n) is 13.0. The lowest BCUT2D eigenvalue weighted by atomic mass is 9.95. The number of aromatic hydroxyl groups is 2. The number of nitrogens with zero attached hydrogens (tertiary/aromatic N) is 1. The maximum absolute atomic E-state index is 14.0. The van der Waals surface area contributed by atoms with Crippen molar-refractivity contribution in [1.82, 2.24) is 4.90 Å². The van der Waals surface area contributed by atoms with E-state index in [4.69, 9.17) is 4.74 Å². The van der Waals surface area contributed by atoms with E-state index in [1.807, 2.05) is 54.6 Å². The molecule has 0 amide bonds. The lowest BCUT2D eigenvalue weighted by molar-refractivity contribution is 0.104. The first-order valence-corrected chi connectivity index (χ1v) is 13.9. The van der Waals surface area contributed by atoms with Crippen LogP contribution < -0.4 is 4.74 Å². The fourth-order valence-electron chi connectivity index (χ4n) is 5.30. The number of phenols is 2. The lowest BCUT2D eigenvalue weighted by Gasteiger charge is -2.26. The smallest absolute Gasteiger partial charge is 0.195 e. The number of carbonyl (C=O) groups excluding carboxylic acids is 1. The van der Waals surface area contributed by atoms with Crippen molar-refractivity contribution in [3.05, 3.63) is 90.0 Å². The van der Waals surface area contributed by atoms with Crippen LogP contribution >= 0.6 is 11.3 Å². The summed E-state index contributed by atoms with van der Waals surface area (Å²) in [5.41, 5.74) is 2.05. The van der Waals surface area contributed by atoms with Crippen LogP contribution in [-0.4, -0.2) is 47.1 Å². The number of fused-ring (bicyclic) bond motifs is 2. The van der Waals surface area contributed by atoms with Gasteiger partial charge in [0.1, 0.15) is 23.9 Å². The zero-order valence-electron chi connectivity index (χ0n) is 21.0. The number of hydrogen-bond acceptors (Lipinski definition) is 6. The van der Waals surface area contributed by atoms with Crippen LogP contribution in [0.15, 0.2) is 78.9 Å². The molecule has 4 aromatic carbocycles. The molecule has 0 unspecified atom stereocenters. The molecule has 0 spiro atoms. The summed E-state index contributed by atoms with van der Waals surface area (Å²) in [6.07, 6.45) is 3.84. The molecule has 2 N–H and O–H groups in total. The summed E-state index contributed by atoms with van der Waals surface area (Å²) in [7, 11) is 0. The molecule has 6 rings (SSSR count). The zero-order chi connectivity index (χ0) is 26.1. The first kappa shape index (κ1) is 24.5. The van der Waals surface area contributed by atoms with Crippen LogP contribution in [0.2, 0.25) is 0 Å². The molecule has 192 valence electrons. The molecule has 6 heteroatoms. The molecular weight excluding hydrogens is 494 g/mol. The molecule has 0 aliphatic carbocycles. The van der Waals surface area contributed by atoms with Crippen LogP contribution in [0, 0.1) is 0 Å². The number of hydrogen-bond donors (Lipinski definition) is 2. The number of ketones is 1. The van der Waals surface area contributed by atoms with Crippen molar-refractivity contribution in [1.29, 1.82) is 0 Å². The van der Waals surface area contributed by atoms with Gasteiger partial charge in [-0.05, 0) is 85.9 Å². The number of rotatable bonds is 7. The summed E-state index contributed by atoms with van der Waals surface area (Å²) in [6.45, 7) is 3.83. The van der Waals surface area contributed by atoms with Gasteiger partial charge in [0, 0.05) is 43.6 Å². The van der Waals surface area contributed by atoms with Gasteiger partial charge in [0.05, 0.1) is 0 Å². The standard InChI is InChI=1S/C32H29NO4S/c34-22-10-13-27-29(20-22)38-32(26-14-15-28(35)25-7-3-2-6-24(25)26)30(27)31(36)21-8-11-23(12-9-21)37-19-18-33-16-4-1-5-17-33/h2-3,6-15,20,34-35H,1,4-5,16-19H2. The SMILES string of the molecule is O=C(c1ccc(OCCN2CCCCC2)cc1)c1c(-c2ccc(O)c3ccccc23)sc2cc(O)ccc12. The fraction of sp³-hybridized carbons (Fsp3) is 0.219. The van der Waals surface area contributed by atoms with Crippen LogP contribution in [-0.2, 0) is 0 Å². The molecule has 0 bridgehead atoms. The molecule has 1 aromatic heterocycles. The lowest BCUT2D eigenvalue weighted by Crippen LogP contribution is -2.33. The maximum atomic E-state index is 14.0. The van der Waals surface area contributed by atoms with E-state index in [2.05, 4.69) is 4.90 Å². The third-order valence-electron chi connectivity index (χ3n) is 7.29. The highest BCUT2D eigenvalue weighted by Gasteiger charge is 2.23. The summed E-state index contributed by atoms with van der Waals surface area (Å²) in [5.74, 6) is 1.02. The molecular formula is C32H29NO4S. The average molecular weight is 524 g/mol. The van der Waals surface area contributed by atoms with Gasteiger partial charge in [0.2, 0.25) is 0 Å². The minimum Gasteiger partial charge on any atom is -0.508 e. The van der Waals surface area contributed by atoms with Crippen molar-refractivity contribution in [2.24, 2.45) is 0 Å². The largest absolute Gasteiger partial charge is 0.508 e. The average Bonchev–Trinajstić information content (AvgIpc) is 3.32. The van der Waals surface area contributed by atoms with Gasteiger partial charge < -0.3 is 14.9 Å². The molecule has 1 saturated heterocycles. The Bertz CT molecular complexity index is 1620. The van der Waals surface area contributed by atoms with E-state index in [0.29, 0.717) is 17.7 Å². The second kappa shape index (κ2) is 10.5. The van der Waals surface area contributed by atoms with E-state index in [9.17, 15) is 15.0 Å². The van der Waals surface area contributed by atoms with Crippen molar-refractivity contribution >= 4 is 38.0 Å². The Labute approximate surface area is 225 Å². The number of ether oxygens (including phenoxy) is 1.